The molecule has 0 atom stereocenters. The third kappa shape index (κ3) is 4.61. The standard InChI is InChI=1S/C52H30N4S2/c1-5-16-44-35(12-1)39-22-23-40-36-13-2-6-17-45(36)56(52-53-27-26-43(54-52)33-21-25-49-42(30-33)38-15-4-8-19-47(38)58-49)51(40)50(39)55(44)34-11-9-10-31(28-34)32-20-24-48-41(29-32)37-14-3-7-18-46(37)57-48/h1-30H. The molecule has 13 aromatic rings. The van der Waals surface area contributed by atoms with Crippen molar-refractivity contribution in [2.24, 2.45) is 0 Å². The summed E-state index contributed by atoms with van der Waals surface area (Å²) in [6.45, 7) is 0. The van der Waals surface area contributed by atoms with Gasteiger partial charge in [0.1, 0.15) is 0 Å². The van der Waals surface area contributed by atoms with Crippen LogP contribution in [0.4, 0.5) is 0 Å². The van der Waals surface area contributed by atoms with Gasteiger partial charge in [-0.1, -0.05) is 109 Å². The summed E-state index contributed by atoms with van der Waals surface area (Å²) < 4.78 is 9.94. The van der Waals surface area contributed by atoms with Crippen LogP contribution < -0.4 is 0 Å². The Hall–Kier alpha value is -7.12. The Morgan fingerprint density at radius 1 is 0.362 bits per heavy atom. The molecule has 6 heteroatoms. The minimum Gasteiger partial charge on any atom is -0.307 e. The summed E-state index contributed by atoms with van der Waals surface area (Å²) in [7, 11) is 0. The Bertz CT molecular complexity index is 3570. The molecule has 13 rings (SSSR count). The number of nitrogens with zero attached hydrogens (tertiary/aromatic N) is 4. The predicted molar refractivity (Wildman–Crippen MR) is 247 cm³/mol. The van der Waals surface area contributed by atoms with E-state index in [4.69, 9.17) is 9.97 Å². The van der Waals surface area contributed by atoms with Crippen molar-refractivity contribution in [3.05, 3.63) is 182 Å². The fourth-order valence-electron chi connectivity index (χ4n) is 9.21. The first-order valence-electron chi connectivity index (χ1n) is 19.5. The molecule has 0 saturated heterocycles. The van der Waals surface area contributed by atoms with Crippen molar-refractivity contribution < 1.29 is 0 Å². The maximum absolute atomic E-state index is 5.36. The minimum absolute atomic E-state index is 0.647. The van der Waals surface area contributed by atoms with Crippen LogP contribution in [0.1, 0.15) is 0 Å². The SMILES string of the molecule is c1cc(-c2ccc3sc4ccccc4c3c2)cc(-n2c3ccccc3c3ccc4c5ccccc5n(-c5nccc(-c6ccc7sc8ccccc8c7c6)n5)c4c32)c1. The Morgan fingerprint density at radius 3 is 1.59 bits per heavy atom. The fourth-order valence-corrected chi connectivity index (χ4v) is 11.4. The van der Waals surface area contributed by atoms with Crippen LogP contribution in [0.3, 0.4) is 0 Å². The zero-order chi connectivity index (χ0) is 37.9. The van der Waals surface area contributed by atoms with E-state index in [1.165, 1.54) is 73.0 Å². The number of fused-ring (bicyclic) bond motifs is 13. The average Bonchev–Trinajstić information content (AvgIpc) is 4.04. The summed E-state index contributed by atoms with van der Waals surface area (Å²) in [5.41, 5.74) is 9.90. The number of benzene rings is 8. The molecule has 270 valence electrons. The highest BCUT2D eigenvalue weighted by atomic mass is 32.1. The first-order valence-corrected chi connectivity index (χ1v) is 21.1. The summed E-state index contributed by atoms with van der Waals surface area (Å²) >= 11 is 3.69. The second-order valence-corrected chi connectivity index (χ2v) is 17.1. The normalized spacial score (nSPS) is 12.1. The van der Waals surface area contributed by atoms with Gasteiger partial charge in [0.2, 0.25) is 5.95 Å². The Kier molecular flexibility index (Phi) is 6.73. The van der Waals surface area contributed by atoms with Crippen molar-refractivity contribution in [3.63, 3.8) is 0 Å². The lowest BCUT2D eigenvalue weighted by molar-refractivity contribution is 0.991. The summed E-state index contributed by atoms with van der Waals surface area (Å²) in [6.07, 6.45) is 1.90. The van der Waals surface area contributed by atoms with Gasteiger partial charge in [0.25, 0.3) is 0 Å². The zero-order valence-corrected chi connectivity index (χ0v) is 32.6. The van der Waals surface area contributed by atoms with E-state index in [2.05, 4.69) is 179 Å². The van der Waals surface area contributed by atoms with Crippen molar-refractivity contribution in [2.75, 3.05) is 0 Å². The summed E-state index contributed by atoms with van der Waals surface area (Å²) in [4.78, 5) is 10.4. The molecule has 0 bridgehead atoms. The van der Waals surface area contributed by atoms with Gasteiger partial charge in [-0.3, -0.25) is 4.57 Å². The molecule has 0 aliphatic heterocycles. The Labute approximate surface area is 340 Å². The number of hydrogen-bond donors (Lipinski definition) is 0. The molecule has 0 aliphatic carbocycles. The van der Waals surface area contributed by atoms with Crippen LogP contribution in [0.25, 0.3) is 118 Å². The van der Waals surface area contributed by atoms with Crippen molar-refractivity contribution in [1.82, 2.24) is 19.1 Å². The van der Waals surface area contributed by atoms with Crippen LogP contribution in [0.5, 0.6) is 0 Å². The number of aromatic nitrogens is 4. The van der Waals surface area contributed by atoms with Crippen LogP contribution in [0.2, 0.25) is 0 Å². The van der Waals surface area contributed by atoms with E-state index in [0.29, 0.717) is 5.95 Å². The van der Waals surface area contributed by atoms with E-state index in [1.54, 1.807) is 0 Å². The van der Waals surface area contributed by atoms with Crippen LogP contribution in [-0.4, -0.2) is 19.1 Å². The van der Waals surface area contributed by atoms with E-state index in [9.17, 15) is 0 Å². The van der Waals surface area contributed by atoms with Crippen LogP contribution in [0, 0.1) is 0 Å². The third-order valence-electron chi connectivity index (χ3n) is 11.8. The molecule has 4 nitrogen and oxygen atoms in total. The molecule has 0 amide bonds. The molecular formula is C52H30N4S2. The Balaban J connectivity index is 1.06. The van der Waals surface area contributed by atoms with E-state index in [-0.39, 0.29) is 0 Å². The van der Waals surface area contributed by atoms with E-state index in [0.717, 1.165) is 39.0 Å². The number of hydrogen-bond acceptors (Lipinski definition) is 4. The van der Waals surface area contributed by atoms with Gasteiger partial charge in [-0.25, -0.2) is 9.97 Å². The quantitative estimate of drug-likeness (QED) is 0.178. The highest BCUT2D eigenvalue weighted by molar-refractivity contribution is 7.26. The molecule has 0 spiro atoms. The first-order chi connectivity index (χ1) is 28.7. The summed E-state index contributed by atoms with van der Waals surface area (Å²) in [5.74, 6) is 0.647. The molecule has 5 aromatic heterocycles. The lowest BCUT2D eigenvalue weighted by Crippen LogP contribution is -2.03. The largest absolute Gasteiger partial charge is 0.307 e. The molecule has 0 radical (unpaired) electrons. The van der Waals surface area contributed by atoms with Gasteiger partial charge in [0.05, 0.1) is 27.8 Å². The van der Waals surface area contributed by atoms with Gasteiger partial charge in [-0.2, -0.15) is 0 Å². The van der Waals surface area contributed by atoms with Crippen LogP contribution in [0.15, 0.2) is 182 Å². The summed E-state index contributed by atoms with van der Waals surface area (Å²) in [6, 6.07) is 64.0. The average molecular weight is 775 g/mol. The molecule has 0 fully saturated rings. The van der Waals surface area contributed by atoms with Crippen molar-refractivity contribution in [2.45, 2.75) is 0 Å². The van der Waals surface area contributed by atoms with Gasteiger partial charge in [-0.15, -0.1) is 22.7 Å². The highest BCUT2D eigenvalue weighted by Crippen LogP contribution is 2.43. The van der Waals surface area contributed by atoms with Gasteiger partial charge >= 0.3 is 0 Å². The third-order valence-corrected chi connectivity index (χ3v) is 14.1. The van der Waals surface area contributed by atoms with Crippen LogP contribution >= 0.6 is 22.7 Å². The topological polar surface area (TPSA) is 35.6 Å². The van der Waals surface area contributed by atoms with Crippen LogP contribution in [-0.2, 0) is 0 Å². The summed E-state index contributed by atoms with van der Waals surface area (Å²) in [5, 5.41) is 9.88. The van der Waals surface area contributed by atoms with Gasteiger partial charge < -0.3 is 4.57 Å². The van der Waals surface area contributed by atoms with Crippen molar-refractivity contribution in [3.8, 4) is 34.0 Å². The van der Waals surface area contributed by atoms with E-state index >= 15 is 0 Å². The molecule has 8 aromatic carbocycles. The molecule has 0 saturated carbocycles. The number of para-hydroxylation sites is 2. The minimum atomic E-state index is 0.647. The maximum atomic E-state index is 5.36. The van der Waals surface area contributed by atoms with Gasteiger partial charge in [-0.05, 0) is 77.9 Å². The molecular weight excluding hydrogens is 745 g/mol. The fraction of sp³-hybridized carbons (Fsp3) is 0. The molecule has 0 N–H and O–H groups in total. The highest BCUT2D eigenvalue weighted by Gasteiger charge is 2.23. The predicted octanol–water partition coefficient (Wildman–Crippen LogP) is 14.7. The van der Waals surface area contributed by atoms with E-state index in [1.807, 2.05) is 34.9 Å². The van der Waals surface area contributed by atoms with Crippen molar-refractivity contribution in [1.29, 1.82) is 0 Å². The second-order valence-electron chi connectivity index (χ2n) is 15.0. The monoisotopic (exact) mass is 774 g/mol. The van der Waals surface area contributed by atoms with Crippen molar-refractivity contribution >= 4 is 107 Å². The number of thiophene rings is 2. The first kappa shape index (κ1) is 32.0. The zero-order valence-electron chi connectivity index (χ0n) is 30.9. The number of rotatable bonds is 4. The smallest absolute Gasteiger partial charge is 0.235 e. The van der Waals surface area contributed by atoms with E-state index < -0.39 is 0 Å². The van der Waals surface area contributed by atoms with Gasteiger partial charge in [0, 0.05) is 79.3 Å². The maximum Gasteiger partial charge on any atom is 0.235 e. The lowest BCUT2D eigenvalue weighted by Gasteiger charge is -2.13. The molecule has 5 heterocycles. The van der Waals surface area contributed by atoms with Gasteiger partial charge in [0.15, 0.2) is 0 Å². The Morgan fingerprint density at radius 2 is 0.897 bits per heavy atom. The molecule has 0 unspecified atom stereocenters. The molecule has 0 aliphatic rings. The second kappa shape index (κ2) is 12.2. The lowest BCUT2D eigenvalue weighted by atomic mass is 10.0. The molecule has 58 heavy (non-hydrogen) atoms.